The van der Waals surface area contributed by atoms with E-state index < -0.39 is 47.0 Å². The predicted octanol–water partition coefficient (Wildman–Crippen LogP) is -9.21. The van der Waals surface area contributed by atoms with E-state index in [1.807, 2.05) is 0 Å². The van der Waals surface area contributed by atoms with Crippen molar-refractivity contribution in [3.8, 4) is 0 Å². The van der Waals surface area contributed by atoms with E-state index in [1.54, 1.807) is 0 Å². The summed E-state index contributed by atoms with van der Waals surface area (Å²) in [7, 11) is 0. The molecule has 0 saturated heterocycles. The van der Waals surface area contributed by atoms with E-state index in [-0.39, 0.29) is 24.8 Å². The van der Waals surface area contributed by atoms with Gasteiger partial charge in [-0.25, -0.2) is 0 Å². The number of carbonyl (C=O) groups excluding carboxylic acids is 4. The molecule has 0 aromatic rings. The number of carbonyl (C=O) groups is 4. The van der Waals surface area contributed by atoms with Crippen LogP contribution >= 0.6 is 0 Å². The number of amides is 4. The smallest absolute Gasteiger partial charge is 1.00 e. The van der Waals surface area contributed by atoms with Gasteiger partial charge in [0.05, 0.1) is 0 Å². The number of hydrogen-bond acceptors (Lipinski definition) is 4. The van der Waals surface area contributed by atoms with E-state index in [0.29, 0.717) is 25.6 Å². The second-order valence-corrected chi connectivity index (χ2v) is 7.24. The molecule has 0 aromatic carbocycles. The van der Waals surface area contributed by atoms with Crippen LogP contribution in [0, 0.1) is 0 Å². The van der Waals surface area contributed by atoms with Crippen molar-refractivity contribution in [2.45, 2.75) is 0 Å². The van der Waals surface area contributed by atoms with E-state index in [2.05, 4.69) is 13.2 Å². The molecule has 0 heterocycles. The third-order valence-corrected chi connectivity index (χ3v) is 4.29. The van der Waals surface area contributed by atoms with Crippen LogP contribution in [0.5, 0.6) is 0 Å². The maximum atomic E-state index is 9.46. The zero-order valence-corrected chi connectivity index (χ0v) is 16.4. The Bertz CT molecular complexity index is 144. The number of rotatable bonds is 8. The van der Waals surface area contributed by atoms with Gasteiger partial charge in [-0.05, 0) is 0 Å². The van der Waals surface area contributed by atoms with E-state index in [4.69, 9.17) is 0 Å². The van der Waals surface area contributed by atoms with Gasteiger partial charge in [0, 0.05) is 0 Å². The summed E-state index contributed by atoms with van der Waals surface area (Å²) in [4.78, 5) is 37.8. The Labute approximate surface area is 129 Å². The Morgan fingerprint density at radius 1 is 0.562 bits per heavy atom. The first-order valence-corrected chi connectivity index (χ1v) is 10.3. The fraction of sp³-hybridized carbons (Fsp3) is 0. The van der Waals surface area contributed by atoms with Gasteiger partial charge in [0.15, 0.2) is 0 Å². The van der Waals surface area contributed by atoms with Gasteiger partial charge in [0.25, 0.3) is 0 Å². The number of nitrogens with one attached hydrogen (secondary N) is 4. The third kappa shape index (κ3) is 36.8. The summed E-state index contributed by atoms with van der Waals surface area (Å²) in [6.07, 6.45) is 2.39. The van der Waals surface area contributed by atoms with Gasteiger partial charge in [-0.3, -0.25) is 0 Å². The first-order chi connectivity index (χ1) is 6.83. The molecule has 16 heavy (non-hydrogen) atoms. The first kappa shape index (κ1) is 25.1. The maximum Gasteiger partial charge on any atom is -1.00 e. The van der Waals surface area contributed by atoms with Crippen LogP contribution < -0.4 is 38.0 Å². The fourth-order valence-electron chi connectivity index (χ4n) is 0.201. The molecule has 0 rings (SSSR count). The summed E-state index contributed by atoms with van der Waals surface area (Å²) >= 11 is -2.47. The minimum absolute atomic E-state index is 0. The van der Waals surface area contributed by atoms with E-state index in [0.717, 1.165) is 0 Å². The summed E-state index contributed by atoms with van der Waals surface area (Å²) in [5.41, 5.74) is 0. The van der Waals surface area contributed by atoms with Crippen molar-refractivity contribution in [3.05, 3.63) is 0 Å². The molecule has 12 heteroatoms. The summed E-state index contributed by atoms with van der Waals surface area (Å²) in [5, 5.41) is 0. The van der Waals surface area contributed by atoms with Crippen molar-refractivity contribution >= 4 is 25.6 Å². The van der Waals surface area contributed by atoms with Gasteiger partial charge in [0.1, 0.15) is 0 Å². The second kappa shape index (κ2) is 29.5. The SMILES string of the molecule is O=C[NH][Hf+][NH]C=O.O=C[NH][Hf+][NH]C=O.[Cl-].[Cl-]. The molecule has 0 fully saturated rings. The Balaban J connectivity index is -0.0000000800. The summed E-state index contributed by atoms with van der Waals surface area (Å²) in [6, 6.07) is 0. The predicted molar refractivity (Wildman–Crippen MR) is 36.8 cm³/mol. The molecule has 0 bridgehead atoms. The van der Waals surface area contributed by atoms with Crippen LogP contribution in [-0.4, -0.2) is 25.6 Å². The largest absolute Gasteiger partial charge is 1.00 e. The molecule has 0 aromatic heterocycles. The van der Waals surface area contributed by atoms with Crippen molar-refractivity contribution in [1.29, 1.82) is 0 Å². The molecule has 0 radical (unpaired) electrons. The standard InChI is InChI=1S/4CH3NO.2ClH.2Hf/c4*2-1-3;;;;/h4*1H,(H2,2,3);2*1H;;/q;;;;;;2*+3/p-6. The monoisotopic (exact) mass is 606 g/mol. The molecular weight excluding hydrogens is 596 g/mol. The zero-order chi connectivity index (χ0) is 11.1. The Hall–Kier alpha value is 0.200. The van der Waals surface area contributed by atoms with Crippen molar-refractivity contribution in [2.75, 3.05) is 0 Å². The van der Waals surface area contributed by atoms with E-state index in [9.17, 15) is 19.2 Å². The van der Waals surface area contributed by atoms with Gasteiger partial charge in [-0.2, -0.15) is 0 Å². The van der Waals surface area contributed by atoms with Crippen molar-refractivity contribution in [3.63, 3.8) is 0 Å². The average Bonchev–Trinajstić information content (AvgIpc) is 2.21. The molecule has 4 amide bonds. The topological polar surface area (TPSA) is 116 Å². The molecule has 0 aliphatic carbocycles. The van der Waals surface area contributed by atoms with Gasteiger partial charge < -0.3 is 24.8 Å². The van der Waals surface area contributed by atoms with E-state index >= 15 is 0 Å². The minimum atomic E-state index is -1.24. The fourth-order valence-corrected chi connectivity index (χ4v) is 1.65. The Morgan fingerprint density at radius 2 is 0.750 bits per heavy atom. The molecule has 0 unspecified atom stereocenters. The Kier molecular flexibility index (Phi) is 46.3. The average molecular weight is 604 g/mol. The van der Waals surface area contributed by atoms with Crippen LogP contribution in [0.25, 0.3) is 0 Å². The van der Waals surface area contributed by atoms with Crippen LogP contribution in [-0.2, 0) is 66.1 Å². The first-order valence-electron chi connectivity index (χ1n) is 3.10. The van der Waals surface area contributed by atoms with Crippen LogP contribution in [0.1, 0.15) is 0 Å². The van der Waals surface area contributed by atoms with Crippen LogP contribution in [0.4, 0.5) is 0 Å². The molecule has 8 nitrogen and oxygen atoms in total. The zero-order valence-electron chi connectivity index (χ0n) is 7.70. The quantitative estimate of drug-likeness (QED) is 0.125. The van der Waals surface area contributed by atoms with Crippen molar-refractivity contribution < 1.29 is 91.0 Å². The Morgan fingerprint density at radius 3 is 0.875 bits per heavy atom. The molecule has 0 atom stereocenters. The maximum absolute atomic E-state index is 9.46. The minimum Gasteiger partial charge on any atom is -1.00 e. The number of hydrogen-bond donors (Lipinski definition) is 4. The molecule has 0 aliphatic rings. The van der Waals surface area contributed by atoms with Gasteiger partial charge in [0.2, 0.25) is 0 Å². The van der Waals surface area contributed by atoms with Crippen molar-refractivity contribution in [2.24, 2.45) is 0 Å². The third-order valence-electron chi connectivity index (χ3n) is 0.524. The van der Waals surface area contributed by atoms with Crippen molar-refractivity contribution in [1.82, 2.24) is 13.2 Å². The molecule has 4 N–H and O–H groups in total. The van der Waals surface area contributed by atoms with E-state index in [1.165, 1.54) is 0 Å². The second-order valence-electron chi connectivity index (χ2n) is 1.30. The van der Waals surface area contributed by atoms with Crippen LogP contribution in [0.15, 0.2) is 0 Å². The van der Waals surface area contributed by atoms with Gasteiger partial charge in [-0.15, -0.1) is 0 Å². The molecule has 0 saturated carbocycles. The summed E-state index contributed by atoms with van der Waals surface area (Å²) < 4.78 is 9.68. The van der Waals surface area contributed by atoms with Crippen LogP contribution in [0.2, 0.25) is 0 Å². The molecular formula is C4H8Cl2Hf2N4O4. The molecule has 0 aliphatic heterocycles. The molecule has 0 spiro atoms. The summed E-state index contributed by atoms with van der Waals surface area (Å²) in [6.45, 7) is 0. The number of halogens is 2. The molecule has 90 valence electrons. The normalized spacial score (nSPS) is 5.00. The van der Waals surface area contributed by atoms with Gasteiger partial charge >= 0.3 is 105 Å². The summed E-state index contributed by atoms with van der Waals surface area (Å²) in [5.74, 6) is 0. The van der Waals surface area contributed by atoms with Crippen LogP contribution in [0.3, 0.4) is 0 Å². The van der Waals surface area contributed by atoms with Gasteiger partial charge in [-0.1, -0.05) is 0 Å².